The predicted molar refractivity (Wildman–Crippen MR) is 90.4 cm³/mol. The Morgan fingerprint density at radius 2 is 1.96 bits per heavy atom. The number of rotatable bonds is 1. The highest BCUT2D eigenvalue weighted by atomic mass is 16.3. The maximum Gasteiger partial charge on any atom is 0.133 e. The van der Waals surface area contributed by atoms with Gasteiger partial charge in [0.25, 0.3) is 0 Å². The molecule has 3 unspecified atom stereocenters. The van der Waals surface area contributed by atoms with Crippen LogP contribution < -0.4 is 5.32 Å². The topological polar surface area (TPSA) is 49.3 Å². The second-order valence-electron chi connectivity index (χ2n) is 9.13. The van der Waals surface area contributed by atoms with Gasteiger partial charge in [-0.3, -0.25) is 4.79 Å². The first kappa shape index (κ1) is 15.7. The molecule has 0 radical (unpaired) electrons. The summed E-state index contributed by atoms with van der Waals surface area (Å²) in [5, 5.41) is 13.3. The predicted octanol–water partition coefficient (Wildman–Crippen LogP) is 3.63. The largest absolute Gasteiger partial charge is 0.374 e. The van der Waals surface area contributed by atoms with Crippen LogP contribution in [0.25, 0.3) is 0 Å². The van der Waals surface area contributed by atoms with Gasteiger partial charge >= 0.3 is 0 Å². The second kappa shape index (κ2) is 5.08. The lowest BCUT2D eigenvalue weighted by Gasteiger charge is -2.57. The fourth-order valence-electron chi connectivity index (χ4n) is 6.99. The molecule has 1 aliphatic heterocycles. The molecule has 2 N–H and O–H groups in total. The van der Waals surface area contributed by atoms with Crippen molar-refractivity contribution in [3.63, 3.8) is 0 Å². The van der Waals surface area contributed by atoms with Crippen molar-refractivity contribution in [2.24, 2.45) is 34.5 Å². The number of carbonyl (C=O) groups is 1. The van der Waals surface area contributed by atoms with E-state index < -0.39 is 0 Å². The molecule has 4 rings (SSSR count). The number of Topliss-reactive ketones (excluding diaryl/α,β-unsaturated/α-hetero) is 1. The number of aliphatic hydroxyl groups is 1. The Morgan fingerprint density at radius 3 is 2.70 bits per heavy atom. The van der Waals surface area contributed by atoms with Crippen LogP contribution in [-0.4, -0.2) is 17.1 Å². The van der Waals surface area contributed by atoms with Crippen molar-refractivity contribution in [2.45, 2.75) is 71.9 Å². The molecule has 4 aliphatic rings. The summed E-state index contributed by atoms with van der Waals surface area (Å²) >= 11 is 0. The third-order valence-corrected chi connectivity index (χ3v) is 8.21. The first-order valence-corrected chi connectivity index (χ1v) is 9.52. The van der Waals surface area contributed by atoms with E-state index in [2.05, 4.69) is 25.2 Å². The van der Waals surface area contributed by atoms with Gasteiger partial charge in [0.15, 0.2) is 0 Å². The highest BCUT2D eigenvalue weighted by molar-refractivity contribution is 5.79. The van der Waals surface area contributed by atoms with Gasteiger partial charge in [-0.05, 0) is 75.0 Å². The molecule has 2 saturated carbocycles. The molecule has 3 heteroatoms. The van der Waals surface area contributed by atoms with Crippen LogP contribution in [0.2, 0.25) is 0 Å². The van der Waals surface area contributed by atoms with E-state index in [1.165, 1.54) is 25.0 Å². The van der Waals surface area contributed by atoms with Crippen LogP contribution in [0, 0.1) is 34.5 Å². The van der Waals surface area contributed by atoms with E-state index in [0.717, 1.165) is 31.6 Å². The molecule has 0 amide bonds. The summed E-state index contributed by atoms with van der Waals surface area (Å²) in [7, 11) is 0. The van der Waals surface area contributed by atoms with Gasteiger partial charge in [0.1, 0.15) is 12.0 Å². The Hall–Kier alpha value is -0.830. The average Bonchev–Trinajstić information content (AvgIpc) is 2.85. The maximum atomic E-state index is 12.1. The number of carbonyl (C=O) groups excluding carboxylic acids is 1. The van der Waals surface area contributed by atoms with Gasteiger partial charge in [-0.1, -0.05) is 19.9 Å². The van der Waals surface area contributed by atoms with Crippen molar-refractivity contribution in [3.8, 4) is 0 Å². The monoisotopic (exact) mass is 317 g/mol. The third kappa shape index (κ3) is 2.08. The number of piperidine rings is 1. The molecule has 1 heterocycles. The highest BCUT2D eigenvalue weighted by Gasteiger charge is 2.59. The van der Waals surface area contributed by atoms with Gasteiger partial charge in [-0.25, -0.2) is 0 Å². The van der Waals surface area contributed by atoms with Crippen LogP contribution in [0.5, 0.6) is 0 Å². The summed E-state index contributed by atoms with van der Waals surface area (Å²) in [5.41, 5.74) is 1.73. The van der Waals surface area contributed by atoms with E-state index in [-0.39, 0.29) is 23.0 Å². The van der Waals surface area contributed by atoms with Gasteiger partial charge in [-0.15, -0.1) is 0 Å². The molecule has 0 bridgehead atoms. The zero-order valence-corrected chi connectivity index (χ0v) is 14.8. The summed E-state index contributed by atoms with van der Waals surface area (Å²) in [6, 6.07) is 0. The van der Waals surface area contributed by atoms with Gasteiger partial charge in [0.05, 0.1) is 0 Å². The van der Waals surface area contributed by atoms with Gasteiger partial charge in [0.2, 0.25) is 0 Å². The van der Waals surface area contributed by atoms with Crippen molar-refractivity contribution in [1.29, 1.82) is 0 Å². The molecule has 128 valence electrons. The lowest BCUT2D eigenvalue weighted by molar-refractivity contribution is -0.127. The number of fused-ring (bicyclic) bond motifs is 5. The van der Waals surface area contributed by atoms with Gasteiger partial charge in [-0.2, -0.15) is 0 Å². The smallest absolute Gasteiger partial charge is 0.133 e. The van der Waals surface area contributed by atoms with Crippen LogP contribution in [0.15, 0.2) is 11.8 Å². The van der Waals surface area contributed by atoms with Crippen molar-refractivity contribution >= 4 is 5.78 Å². The standard InChI is InChI=1S/C20H31NO2/c1-12(22)14-5-6-15-13-4-7-17-20(3,11-9-18(23)21-17)16(13)8-10-19(14,15)2/h7,13-16,18,21,23H,4-6,8-11H2,1-3H3/t13-,14+,15?,16?,18?,19+,20+/m0/s1. The SMILES string of the molecule is CC(=O)[C@H]1CCC2[C@@H]3CC=C4NC(O)CC[C@]4(C)C3CC[C@@]21C. The molecular weight excluding hydrogens is 286 g/mol. The Morgan fingerprint density at radius 1 is 1.17 bits per heavy atom. The quantitative estimate of drug-likeness (QED) is 0.776. The summed E-state index contributed by atoms with van der Waals surface area (Å²) in [4.78, 5) is 12.1. The lowest BCUT2D eigenvalue weighted by Crippen LogP contribution is -2.54. The molecule has 7 atom stereocenters. The van der Waals surface area contributed by atoms with Gasteiger partial charge in [0, 0.05) is 17.0 Å². The zero-order chi connectivity index (χ0) is 16.4. The number of hydrogen-bond acceptors (Lipinski definition) is 3. The summed E-state index contributed by atoms with van der Waals surface area (Å²) in [6.07, 6.45) is 9.86. The van der Waals surface area contributed by atoms with E-state index >= 15 is 0 Å². The van der Waals surface area contributed by atoms with Crippen molar-refractivity contribution in [3.05, 3.63) is 11.8 Å². The molecular formula is C20H31NO2. The number of ketones is 1. The van der Waals surface area contributed by atoms with E-state index in [9.17, 15) is 9.90 Å². The Balaban J connectivity index is 1.66. The van der Waals surface area contributed by atoms with Crippen LogP contribution in [-0.2, 0) is 4.79 Å². The molecule has 1 saturated heterocycles. The molecule has 0 aromatic heterocycles. The molecule has 0 spiro atoms. The minimum absolute atomic E-state index is 0.206. The van der Waals surface area contributed by atoms with Crippen LogP contribution in [0.3, 0.4) is 0 Å². The van der Waals surface area contributed by atoms with E-state index in [4.69, 9.17) is 0 Å². The van der Waals surface area contributed by atoms with Crippen LogP contribution in [0.1, 0.15) is 65.7 Å². The molecule has 3 nitrogen and oxygen atoms in total. The normalized spacial score (nSPS) is 51.8. The zero-order valence-electron chi connectivity index (χ0n) is 14.8. The number of hydrogen-bond donors (Lipinski definition) is 2. The lowest BCUT2D eigenvalue weighted by atomic mass is 9.49. The fourth-order valence-corrected chi connectivity index (χ4v) is 6.99. The van der Waals surface area contributed by atoms with Crippen molar-refractivity contribution in [1.82, 2.24) is 5.32 Å². The minimum Gasteiger partial charge on any atom is -0.374 e. The first-order valence-electron chi connectivity index (χ1n) is 9.52. The van der Waals surface area contributed by atoms with E-state index in [1.807, 2.05) is 0 Å². The minimum atomic E-state index is -0.367. The maximum absolute atomic E-state index is 12.1. The molecule has 3 fully saturated rings. The summed E-state index contributed by atoms with van der Waals surface area (Å²) in [5.74, 6) is 2.85. The molecule has 3 aliphatic carbocycles. The van der Waals surface area contributed by atoms with Gasteiger partial charge < -0.3 is 10.4 Å². The summed E-state index contributed by atoms with van der Waals surface area (Å²) in [6.45, 7) is 6.61. The van der Waals surface area contributed by atoms with Crippen LogP contribution >= 0.6 is 0 Å². The highest BCUT2D eigenvalue weighted by Crippen LogP contribution is 2.65. The molecule has 0 aromatic rings. The third-order valence-electron chi connectivity index (χ3n) is 8.21. The Bertz CT molecular complexity index is 556. The fraction of sp³-hybridized carbons (Fsp3) is 0.850. The number of allylic oxidation sites excluding steroid dienone is 2. The Labute approximate surface area is 139 Å². The molecule has 23 heavy (non-hydrogen) atoms. The van der Waals surface area contributed by atoms with E-state index in [1.54, 1.807) is 6.92 Å². The first-order chi connectivity index (χ1) is 10.9. The van der Waals surface area contributed by atoms with E-state index in [0.29, 0.717) is 17.6 Å². The Kier molecular flexibility index (Phi) is 3.46. The number of nitrogens with one attached hydrogen (secondary N) is 1. The molecule has 0 aromatic carbocycles. The summed E-state index contributed by atoms with van der Waals surface area (Å²) < 4.78 is 0. The van der Waals surface area contributed by atoms with Crippen molar-refractivity contribution < 1.29 is 9.90 Å². The number of aliphatic hydroxyl groups excluding tert-OH is 1. The van der Waals surface area contributed by atoms with Crippen molar-refractivity contribution in [2.75, 3.05) is 0 Å². The van der Waals surface area contributed by atoms with Crippen LogP contribution in [0.4, 0.5) is 0 Å². The second-order valence-corrected chi connectivity index (χ2v) is 9.13. The average molecular weight is 317 g/mol.